The highest BCUT2D eigenvalue weighted by molar-refractivity contribution is 5.92. The van der Waals surface area contributed by atoms with Crippen LogP contribution in [0, 0.1) is 6.92 Å². The number of hydrogen-bond acceptors (Lipinski definition) is 6. The lowest BCUT2D eigenvalue weighted by molar-refractivity contribution is -0.116. The zero-order chi connectivity index (χ0) is 15.2. The number of carbonyl (C=O) groups excluding carboxylic acids is 1. The third kappa shape index (κ3) is 3.95. The van der Waals surface area contributed by atoms with E-state index in [1.54, 1.807) is 32.2 Å². The molecule has 1 N–H and O–H groups in total. The van der Waals surface area contributed by atoms with E-state index >= 15 is 0 Å². The van der Waals surface area contributed by atoms with E-state index in [0.29, 0.717) is 35.4 Å². The summed E-state index contributed by atoms with van der Waals surface area (Å²) in [5, 5.41) is 10.3. The first kappa shape index (κ1) is 14.8. The molecule has 0 spiro atoms. The molecule has 2 aromatic rings. The predicted molar refractivity (Wildman–Crippen MR) is 75.5 cm³/mol. The predicted octanol–water partition coefficient (Wildman–Crippen LogP) is 1.97. The van der Waals surface area contributed by atoms with Crippen LogP contribution < -0.4 is 14.8 Å². The summed E-state index contributed by atoms with van der Waals surface area (Å²) in [5.74, 6) is 1.98. The summed E-state index contributed by atoms with van der Waals surface area (Å²) in [6.45, 7) is 1.71. The maximum Gasteiger partial charge on any atom is 0.224 e. The maximum absolute atomic E-state index is 11.9. The maximum atomic E-state index is 11.9. The first-order chi connectivity index (χ1) is 10.1. The molecule has 1 amide bonds. The van der Waals surface area contributed by atoms with Crippen molar-refractivity contribution in [1.82, 2.24) is 10.2 Å². The molecule has 1 heterocycles. The van der Waals surface area contributed by atoms with Crippen molar-refractivity contribution in [2.75, 3.05) is 19.5 Å². The molecule has 21 heavy (non-hydrogen) atoms. The van der Waals surface area contributed by atoms with E-state index in [-0.39, 0.29) is 12.3 Å². The fourth-order valence-corrected chi connectivity index (χ4v) is 1.77. The van der Waals surface area contributed by atoms with Crippen molar-refractivity contribution in [3.05, 3.63) is 30.0 Å². The highest BCUT2D eigenvalue weighted by Gasteiger charge is 2.11. The summed E-state index contributed by atoms with van der Waals surface area (Å²) in [4.78, 5) is 11.9. The van der Waals surface area contributed by atoms with E-state index in [4.69, 9.17) is 13.9 Å². The Balaban J connectivity index is 1.95. The smallest absolute Gasteiger partial charge is 0.224 e. The summed E-state index contributed by atoms with van der Waals surface area (Å²) < 4.78 is 15.5. The Morgan fingerprint density at radius 2 is 2.10 bits per heavy atom. The largest absolute Gasteiger partial charge is 0.497 e. The number of benzene rings is 1. The average Bonchev–Trinajstić information content (AvgIpc) is 2.91. The van der Waals surface area contributed by atoms with Crippen molar-refractivity contribution in [2.24, 2.45) is 0 Å². The van der Waals surface area contributed by atoms with Gasteiger partial charge in [0.15, 0.2) is 0 Å². The Morgan fingerprint density at radius 3 is 2.71 bits per heavy atom. The van der Waals surface area contributed by atoms with Gasteiger partial charge in [0, 0.05) is 25.8 Å². The molecule has 0 radical (unpaired) electrons. The molecular weight excluding hydrogens is 274 g/mol. The van der Waals surface area contributed by atoms with Crippen LogP contribution >= 0.6 is 0 Å². The molecule has 112 valence electrons. The van der Waals surface area contributed by atoms with Crippen molar-refractivity contribution in [3.8, 4) is 11.5 Å². The van der Waals surface area contributed by atoms with Gasteiger partial charge in [-0.05, 0) is 12.1 Å². The Morgan fingerprint density at radius 1 is 1.29 bits per heavy atom. The summed E-state index contributed by atoms with van der Waals surface area (Å²) >= 11 is 0. The minimum Gasteiger partial charge on any atom is -0.497 e. The minimum absolute atomic E-state index is 0.158. The number of rotatable bonds is 6. The molecular formula is C14H17N3O4. The first-order valence-electron chi connectivity index (χ1n) is 6.43. The lowest BCUT2D eigenvalue weighted by Crippen LogP contribution is -2.13. The molecule has 0 saturated carbocycles. The molecule has 2 rings (SSSR count). The Kier molecular flexibility index (Phi) is 4.76. The summed E-state index contributed by atoms with van der Waals surface area (Å²) in [5.41, 5.74) is 0.588. The number of aryl methyl sites for hydroxylation is 2. The number of methoxy groups -OCH3 is 2. The third-order valence-electron chi connectivity index (χ3n) is 2.82. The first-order valence-corrected chi connectivity index (χ1v) is 6.43. The van der Waals surface area contributed by atoms with Crippen LogP contribution in [0.1, 0.15) is 18.2 Å². The van der Waals surface area contributed by atoms with E-state index in [0.717, 1.165) is 0 Å². The standard InChI is InChI=1S/C14H17N3O4/c1-9-16-17-14(21-9)7-6-13(18)15-11-5-4-10(19-2)8-12(11)20-3/h4-5,8H,6-7H2,1-3H3,(H,15,18). The molecule has 0 aliphatic carbocycles. The van der Waals surface area contributed by atoms with Crippen LogP contribution in [0.3, 0.4) is 0 Å². The van der Waals surface area contributed by atoms with Gasteiger partial charge in [0.25, 0.3) is 0 Å². The van der Waals surface area contributed by atoms with E-state index in [9.17, 15) is 4.79 Å². The van der Waals surface area contributed by atoms with Crippen molar-refractivity contribution < 1.29 is 18.7 Å². The summed E-state index contributed by atoms with van der Waals surface area (Å²) in [7, 11) is 3.10. The third-order valence-corrected chi connectivity index (χ3v) is 2.82. The topological polar surface area (TPSA) is 86.5 Å². The zero-order valence-corrected chi connectivity index (χ0v) is 12.2. The number of ether oxygens (including phenoxy) is 2. The number of hydrogen-bond donors (Lipinski definition) is 1. The van der Waals surface area contributed by atoms with Gasteiger partial charge in [-0.1, -0.05) is 0 Å². The van der Waals surface area contributed by atoms with Gasteiger partial charge >= 0.3 is 0 Å². The number of amides is 1. The SMILES string of the molecule is COc1ccc(NC(=O)CCc2nnc(C)o2)c(OC)c1. The molecule has 1 aromatic carbocycles. The van der Waals surface area contributed by atoms with E-state index in [2.05, 4.69) is 15.5 Å². The molecule has 0 saturated heterocycles. The lowest BCUT2D eigenvalue weighted by Gasteiger charge is -2.11. The van der Waals surface area contributed by atoms with Gasteiger partial charge in [0.1, 0.15) is 11.5 Å². The molecule has 0 fully saturated rings. The van der Waals surface area contributed by atoms with Crippen LogP contribution in [0.15, 0.2) is 22.6 Å². The number of aromatic nitrogens is 2. The molecule has 7 heteroatoms. The van der Waals surface area contributed by atoms with Gasteiger partial charge in [-0.3, -0.25) is 4.79 Å². The molecule has 0 atom stereocenters. The zero-order valence-electron chi connectivity index (χ0n) is 12.2. The van der Waals surface area contributed by atoms with Gasteiger partial charge in [-0.15, -0.1) is 10.2 Å². The normalized spacial score (nSPS) is 10.2. The van der Waals surface area contributed by atoms with Crippen LogP contribution in [-0.2, 0) is 11.2 Å². The number of nitrogens with zero attached hydrogens (tertiary/aromatic N) is 2. The van der Waals surface area contributed by atoms with Crippen LogP contribution in [0.2, 0.25) is 0 Å². The quantitative estimate of drug-likeness (QED) is 0.875. The highest BCUT2D eigenvalue weighted by atomic mass is 16.5. The lowest BCUT2D eigenvalue weighted by atomic mass is 10.2. The fraction of sp³-hybridized carbons (Fsp3) is 0.357. The van der Waals surface area contributed by atoms with Crippen molar-refractivity contribution in [1.29, 1.82) is 0 Å². The van der Waals surface area contributed by atoms with Gasteiger partial charge in [0.2, 0.25) is 17.7 Å². The number of nitrogens with one attached hydrogen (secondary N) is 1. The molecule has 1 aromatic heterocycles. The van der Waals surface area contributed by atoms with Crippen LogP contribution in [0.25, 0.3) is 0 Å². The van der Waals surface area contributed by atoms with E-state index < -0.39 is 0 Å². The second-order valence-electron chi connectivity index (χ2n) is 4.33. The van der Waals surface area contributed by atoms with Crippen LogP contribution in [-0.4, -0.2) is 30.3 Å². The van der Waals surface area contributed by atoms with Crippen LogP contribution in [0.4, 0.5) is 5.69 Å². The van der Waals surface area contributed by atoms with Gasteiger partial charge in [0.05, 0.1) is 19.9 Å². The van der Waals surface area contributed by atoms with E-state index in [1.807, 2.05) is 0 Å². The van der Waals surface area contributed by atoms with Gasteiger partial charge in [-0.25, -0.2) is 0 Å². The van der Waals surface area contributed by atoms with Crippen molar-refractivity contribution in [3.63, 3.8) is 0 Å². The second kappa shape index (κ2) is 6.74. The van der Waals surface area contributed by atoms with E-state index in [1.165, 1.54) is 7.11 Å². The Hall–Kier alpha value is -2.57. The summed E-state index contributed by atoms with van der Waals surface area (Å²) in [6.07, 6.45) is 0.641. The minimum atomic E-state index is -0.158. The molecule has 0 aliphatic rings. The monoisotopic (exact) mass is 291 g/mol. The Bertz CT molecular complexity index is 624. The molecule has 7 nitrogen and oxygen atoms in total. The molecule has 0 bridgehead atoms. The Labute approximate surface area is 122 Å². The van der Waals surface area contributed by atoms with Gasteiger partial charge < -0.3 is 19.2 Å². The molecule has 0 aliphatic heterocycles. The molecule has 0 unspecified atom stereocenters. The van der Waals surface area contributed by atoms with Crippen molar-refractivity contribution in [2.45, 2.75) is 19.8 Å². The summed E-state index contributed by atoms with van der Waals surface area (Å²) in [6, 6.07) is 5.18. The van der Waals surface area contributed by atoms with Gasteiger partial charge in [-0.2, -0.15) is 0 Å². The number of carbonyl (C=O) groups is 1. The van der Waals surface area contributed by atoms with Crippen molar-refractivity contribution >= 4 is 11.6 Å². The second-order valence-corrected chi connectivity index (χ2v) is 4.33. The number of anilines is 1. The highest BCUT2D eigenvalue weighted by Crippen LogP contribution is 2.29. The average molecular weight is 291 g/mol. The fourth-order valence-electron chi connectivity index (χ4n) is 1.77. The van der Waals surface area contributed by atoms with Crippen LogP contribution in [0.5, 0.6) is 11.5 Å².